The van der Waals surface area contributed by atoms with Crippen LogP contribution >= 0.6 is 0 Å². The van der Waals surface area contributed by atoms with Crippen LogP contribution in [0.5, 0.6) is 0 Å². The highest BCUT2D eigenvalue weighted by atomic mass is 16.1. The molecule has 0 aliphatic heterocycles. The third-order valence-electron chi connectivity index (χ3n) is 6.01. The van der Waals surface area contributed by atoms with Crippen LogP contribution in [0.2, 0.25) is 0 Å². The second-order valence-electron chi connectivity index (χ2n) is 6.35. The predicted molar refractivity (Wildman–Crippen MR) is 58.7 cm³/mol. The van der Waals surface area contributed by atoms with Gasteiger partial charge < -0.3 is 0 Å². The van der Waals surface area contributed by atoms with Crippen molar-refractivity contribution in [3.63, 3.8) is 0 Å². The van der Waals surface area contributed by atoms with Crippen LogP contribution in [0.3, 0.4) is 0 Å². The number of rotatable bonds is 0. The first-order valence-corrected chi connectivity index (χ1v) is 6.81. The third kappa shape index (κ3) is 0.988. The maximum Gasteiger partial charge on any atom is 0.136 e. The van der Waals surface area contributed by atoms with E-state index < -0.39 is 0 Å². The van der Waals surface area contributed by atoms with Crippen molar-refractivity contribution in [1.82, 2.24) is 0 Å². The Bertz CT molecular complexity index is 337. The molecule has 0 spiro atoms. The predicted octanol–water partition coefficient (Wildman–Crippen LogP) is 2.22. The average molecular weight is 218 g/mol. The van der Waals surface area contributed by atoms with E-state index in [0.717, 1.165) is 50.4 Å². The Morgan fingerprint density at radius 3 is 1.56 bits per heavy atom. The van der Waals surface area contributed by atoms with E-state index in [0.29, 0.717) is 35.2 Å². The van der Waals surface area contributed by atoms with Gasteiger partial charge >= 0.3 is 0 Å². The van der Waals surface area contributed by atoms with Crippen LogP contribution in [-0.4, -0.2) is 11.6 Å². The largest absolute Gasteiger partial charge is 0.299 e. The fraction of sp³-hybridized carbons (Fsp3) is 0.857. The topological polar surface area (TPSA) is 34.1 Å². The van der Waals surface area contributed by atoms with Gasteiger partial charge in [-0.3, -0.25) is 9.59 Å². The van der Waals surface area contributed by atoms with Gasteiger partial charge in [-0.2, -0.15) is 0 Å². The lowest BCUT2D eigenvalue weighted by atomic mass is 9.87. The molecule has 0 aromatic heterocycles. The van der Waals surface area contributed by atoms with Crippen molar-refractivity contribution in [3.8, 4) is 0 Å². The van der Waals surface area contributed by atoms with Crippen LogP contribution in [0.15, 0.2) is 0 Å². The molecule has 0 aromatic rings. The van der Waals surface area contributed by atoms with E-state index in [2.05, 4.69) is 0 Å². The van der Waals surface area contributed by atoms with Crippen LogP contribution in [0.25, 0.3) is 0 Å². The van der Waals surface area contributed by atoms with Gasteiger partial charge in [-0.15, -0.1) is 0 Å². The molecular weight excluding hydrogens is 200 g/mol. The minimum Gasteiger partial charge on any atom is -0.299 e. The van der Waals surface area contributed by atoms with E-state index in [1.54, 1.807) is 0 Å². The van der Waals surface area contributed by atoms with Gasteiger partial charge in [0.25, 0.3) is 0 Å². The summed E-state index contributed by atoms with van der Waals surface area (Å²) in [7, 11) is 0. The summed E-state index contributed by atoms with van der Waals surface area (Å²) in [5.74, 6) is 4.64. The van der Waals surface area contributed by atoms with E-state index >= 15 is 0 Å². The van der Waals surface area contributed by atoms with E-state index in [1.165, 1.54) is 0 Å². The molecule has 2 heteroatoms. The van der Waals surface area contributed by atoms with E-state index in [-0.39, 0.29) is 0 Å². The van der Waals surface area contributed by atoms with Gasteiger partial charge in [0, 0.05) is 24.7 Å². The highest BCUT2D eigenvalue weighted by Gasteiger charge is 2.59. The summed E-state index contributed by atoms with van der Waals surface area (Å²) in [6.07, 6.45) is 6.14. The van der Waals surface area contributed by atoms with Gasteiger partial charge in [0.1, 0.15) is 11.6 Å². The summed E-state index contributed by atoms with van der Waals surface area (Å²) >= 11 is 0. The van der Waals surface area contributed by atoms with Crippen molar-refractivity contribution in [2.75, 3.05) is 0 Å². The van der Waals surface area contributed by atoms with Crippen molar-refractivity contribution >= 4 is 11.6 Å². The number of carbonyl (C=O) groups is 2. The normalized spacial score (nSPS) is 54.2. The van der Waals surface area contributed by atoms with E-state index in [1.807, 2.05) is 0 Å². The Labute approximate surface area is 95.8 Å². The molecule has 0 bridgehead atoms. The Hall–Kier alpha value is -0.660. The van der Waals surface area contributed by atoms with Crippen LogP contribution in [0.1, 0.15) is 38.5 Å². The zero-order valence-electron chi connectivity index (χ0n) is 9.52. The summed E-state index contributed by atoms with van der Waals surface area (Å²) in [6.45, 7) is 0. The lowest BCUT2D eigenvalue weighted by Crippen LogP contribution is -2.16. The number of carbonyl (C=O) groups excluding carboxylic acids is 2. The van der Waals surface area contributed by atoms with Gasteiger partial charge in [-0.25, -0.2) is 0 Å². The van der Waals surface area contributed by atoms with Crippen LogP contribution < -0.4 is 0 Å². The lowest BCUT2D eigenvalue weighted by Gasteiger charge is -2.18. The average Bonchev–Trinajstić information content (AvgIpc) is 2.92. The highest BCUT2D eigenvalue weighted by molar-refractivity contribution is 5.85. The number of hydrogen-bond donors (Lipinski definition) is 0. The summed E-state index contributed by atoms with van der Waals surface area (Å²) < 4.78 is 0. The lowest BCUT2D eigenvalue weighted by molar-refractivity contribution is -0.121. The zero-order valence-corrected chi connectivity index (χ0v) is 9.52. The zero-order chi connectivity index (χ0) is 10.9. The molecule has 16 heavy (non-hydrogen) atoms. The van der Waals surface area contributed by atoms with Crippen molar-refractivity contribution in [3.05, 3.63) is 0 Å². The smallest absolute Gasteiger partial charge is 0.136 e. The third-order valence-corrected chi connectivity index (χ3v) is 6.01. The van der Waals surface area contributed by atoms with Crippen molar-refractivity contribution in [2.45, 2.75) is 38.5 Å². The molecule has 0 aromatic carbocycles. The van der Waals surface area contributed by atoms with Crippen LogP contribution in [0.4, 0.5) is 0 Å². The summed E-state index contributed by atoms with van der Waals surface area (Å²) in [4.78, 5) is 23.6. The van der Waals surface area contributed by atoms with Crippen LogP contribution in [0, 0.1) is 35.5 Å². The van der Waals surface area contributed by atoms with Gasteiger partial charge in [-0.05, 0) is 49.4 Å². The molecular formula is C14H18O2. The monoisotopic (exact) mass is 218 g/mol. The number of fused-ring (bicyclic) bond motifs is 5. The van der Waals surface area contributed by atoms with Crippen molar-refractivity contribution < 1.29 is 9.59 Å². The minimum atomic E-state index is 0.395. The van der Waals surface area contributed by atoms with Gasteiger partial charge in [0.05, 0.1) is 0 Å². The standard InChI is InChI=1S/C14H18O2/c15-13-3-1-7-9-5-12-8(2-4-14(12)16)10(9)6-11(7)13/h7-12H,1-6H2/t7-,8-,9-,10-,11+,12+/m1/s1. The highest BCUT2D eigenvalue weighted by Crippen LogP contribution is 2.61. The second kappa shape index (κ2) is 2.96. The maximum atomic E-state index is 11.8. The molecule has 0 radical (unpaired) electrons. The molecule has 0 N–H and O–H groups in total. The molecule has 0 unspecified atom stereocenters. The number of Topliss-reactive ketones (excluding diaryl/α,β-unsaturated/α-hetero) is 2. The summed E-state index contributed by atoms with van der Waals surface area (Å²) in [5, 5.41) is 0. The second-order valence-corrected chi connectivity index (χ2v) is 6.35. The van der Waals surface area contributed by atoms with Gasteiger partial charge in [0.15, 0.2) is 0 Å². The molecule has 86 valence electrons. The Morgan fingerprint density at radius 1 is 0.688 bits per heavy atom. The molecule has 0 heterocycles. The SMILES string of the molecule is O=C1CC[C@@H]2[C@H]3C[C@@H]4C(=O)CC[C@@H]4[C@H]3C[C@H]12. The molecule has 4 saturated carbocycles. The first-order valence-electron chi connectivity index (χ1n) is 6.81. The Balaban J connectivity index is 1.64. The van der Waals surface area contributed by atoms with Crippen molar-refractivity contribution in [1.29, 1.82) is 0 Å². The Morgan fingerprint density at radius 2 is 1.12 bits per heavy atom. The van der Waals surface area contributed by atoms with Crippen LogP contribution in [-0.2, 0) is 9.59 Å². The molecule has 2 nitrogen and oxygen atoms in total. The van der Waals surface area contributed by atoms with E-state index in [9.17, 15) is 9.59 Å². The fourth-order valence-electron chi connectivity index (χ4n) is 5.43. The minimum absolute atomic E-state index is 0.395. The fourth-order valence-corrected chi connectivity index (χ4v) is 5.43. The van der Waals surface area contributed by atoms with Crippen molar-refractivity contribution in [2.24, 2.45) is 35.5 Å². The van der Waals surface area contributed by atoms with E-state index in [4.69, 9.17) is 0 Å². The summed E-state index contributed by atoms with van der Waals surface area (Å²) in [6, 6.07) is 0. The maximum absolute atomic E-state index is 11.8. The Kier molecular flexibility index (Phi) is 1.74. The first-order chi connectivity index (χ1) is 7.75. The molecule has 4 aliphatic rings. The molecule has 4 fully saturated rings. The number of ketones is 2. The number of hydrogen-bond acceptors (Lipinski definition) is 2. The molecule has 0 saturated heterocycles. The molecule has 4 rings (SSSR count). The van der Waals surface area contributed by atoms with Gasteiger partial charge in [-0.1, -0.05) is 0 Å². The first kappa shape index (κ1) is 9.38. The quantitative estimate of drug-likeness (QED) is 0.624. The molecule has 4 aliphatic carbocycles. The molecule has 0 amide bonds. The molecule has 6 atom stereocenters. The van der Waals surface area contributed by atoms with Gasteiger partial charge in [0.2, 0.25) is 0 Å². The summed E-state index contributed by atoms with van der Waals surface area (Å²) in [5.41, 5.74) is 0.